The van der Waals surface area contributed by atoms with Gasteiger partial charge in [-0.15, -0.1) is 0 Å². The Kier molecular flexibility index (Phi) is 5.06. The number of nitrogens with two attached hydrogens (primary N) is 1. The van der Waals surface area contributed by atoms with E-state index in [4.69, 9.17) is 5.73 Å². The molecule has 1 rings (SSSR count). The third-order valence-electron chi connectivity index (χ3n) is 2.82. The maximum Gasteiger partial charge on any atom is 0.228 e. The third-order valence-corrected chi connectivity index (χ3v) is 2.82. The molecule has 0 spiro atoms. The van der Waals surface area contributed by atoms with Crippen LogP contribution in [0.2, 0.25) is 0 Å². The van der Waals surface area contributed by atoms with E-state index in [0.717, 1.165) is 5.56 Å². The summed E-state index contributed by atoms with van der Waals surface area (Å²) in [5.74, 6) is -0.763. The smallest absolute Gasteiger partial charge is 0.228 e. The summed E-state index contributed by atoms with van der Waals surface area (Å²) in [6, 6.07) is 4.48. The van der Waals surface area contributed by atoms with Gasteiger partial charge in [0.2, 0.25) is 5.91 Å². The van der Waals surface area contributed by atoms with Crippen LogP contribution >= 0.6 is 0 Å². The van der Waals surface area contributed by atoms with Crippen molar-refractivity contribution in [2.24, 2.45) is 17.1 Å². The first-order valence-electron chi connectivity index (χ1n) is 6.49. The van der Waals surface area contributed by atoms with Gasteiger partial charge >= 0.3 is 0 Å². The number of anilines is 1. The molecule has 1 unspecified atom stereocenters. The fourth-order valence-corrected chi connectivity index (χ4v) is 2.08. The molecule has 0 fully saturated rings. The van der Waals surface area contributed by atoms with Gasteiger partial charge in [-0.3, -0.25) is 4.79 Å². The Balaban J connectivity index is 2.77. The molecule has 1 amide bonds. The molecule has 0 aliphatic carbocycles. The Morgan fingerprint density at radius 2 is 2.00 bits per heavy atom. The second-order valence-corrected chi connectivity index (χ2v) is 6.20. The highest BCUT2D eigenvalue weighted by Crippen LogP contribution is 2.25. The van der Waals surface area contributed by atoms with Crippen LogP contribution in [-0.4, -0.2) is 12.5 Å². The summed E-state index contributed by atoms with van der Waals surface area (Å²) in [6.07, 6.45) is 0.698. The van der Waals surface area contributed by atoms with E-state index in [-0.39, 0.29) is 29.6 Å². The van der Waals surface area contributed by atoms with Crippen LogP contribution in [0.3, 0.4) is 0 Å². The van der Waals surface area contributed by atoms with E-state index in [1.54, 1.807) is 13.0 Å². The van der Waals surface area contributed by atoms with Gasteiger partial charge in [0.1, 0.15) is 5.82 Å². The van der Waals surface area contributed by atoms with Crippen LogP contribution in [0.5, 0.6) is 0 Å². The molecule has 4 heteroatoms. The minimum absolute atomic E-state index is 0.0270. The largest absolute Gasteiger partial charge is 0.330 e. The van der Waals surface area contributed by atoms with Gasteiger partial charge in [0.05, 0.1) is 5.92 Å². The van der Waals surface area contributed by atoms with Crippen LogP contribution in [0, 0.1) is 24.1 Å². The predicted molar refractivity (Wildman–Crippen MR) is 76.4 cm³/mol. The number of halogens is 1. The molecule has 1 aromatic rings. The molecule has 0 bridgehead atoms. The summed E-state index contributed by atoms with van der Waals surface area (Å²) in [5.41, 5.74) is 6.94. The fourth-order valence-electron chi connectivity index (χ4n) is 2.08. The molecular formula is C15H23FN2O. The number of amides is 1. The normalized spacial score (nSPS) is 13.2. The van der Waals surface area contributed by atoms with E-state index in [9.17, 15) is 9.18 Å². The predicted octanol–water partition coefficient (Wildman–Crippen LogP) is 3.08. The van der Waals surface area contributed by atoms with Crippen LogP contribution in [0.25, 0.3) is 0 Å². The summed E-state index contributed by atoms with van der Waals surface area (Å²) in [5, 5.41) is 2.74. The number of carbonyl (C=O) groups excluding carboxylic acids is 1. The van der Waals surface area contributed by atoms with Crippen molar-refractivity contribution in [3.05, 3.63) is 29.6 Å². The van der Waals surface area contributed by atoms with Gasteiger partial charge < -0.3 is 11.1 Å². The lowest BCUT2D eigenvalue weighted by Crippen LogP contribution is -2.32. The highest BCUT2D eigenvalue weighted by atomic mass is 19.1. The molecule has 106 valence electrons. The van der Waals surface area contributed by atoms with Crippen molar-refractivity contribution in [1.29, 1.82) is 0 Å². The molecule has 3 nitrogen and oxygen atoms in total. The van der Waals surface area contributed by atoms with Crippen molar-refractivity contribution in [1.82, 2.24) is 0 Å². The number of hydrogen-bond donors (Lipinski definition) is 2. The maximum absolute atomic E-state index is 13.3. The monoisotopic (exact) mass is 266 g/mol. The minimum Gasteiger partial charge on any atom is -0.330 e. The molecule has 19 heavy (non-hydrogen) atoms. The van der Waals surface area contributed by atoms with E-state index in [0.29, 0.717) is 12.1 Å². The Hall–Kier alpha value is -1.42. The third kappa shape index (κ3) is 5.39. The molecular weight excluding hydrogens is 243 g/mol. The van der Waals surface area contributed by atoms with E-state index in [1.165, 1.54) is 12.1 Å². The van der Waals surface area contributed by atoms with E-state index < -0.39 is 0 Å². The molecule has 1 atom stereocenters. The summed E-state index contributed by atoms with van der Waals surface area (Å²) in [6.45, 7) is 8.27. The Morgan fingerprint density at radius 3 is 2.47 bits per heavy atom. The van der Waals surface area contributed by atoms with Crippen LogP contribution in [-0.2, 0) is 4.79 Å². The van der Waals surface area contributed by atoms with Crippen molar-refractivity contribution in [2.75, 3.05) is 11.9 Å². The second-order valence-electron chi connectivity index (χ2n) is 6.20. The number of nitrogens with one attached hydrogen (secondary N) is 1. The first kappa shape index (κ1) is 15.6. The van der Waals surface area contributed by atoms with Crippen molar-refractivity contribution < 1.29 is 9.18 Å². The SMILES string of the molecule is Cc1cc(F)cc(NC(=O)C(CN)CC(C)(C)C)c1. The zero-order chi connectivity index (χ0) is 14.6. The Labute approximate surface area is 114 Å². The first-order chi connectivity index (χ1) is 8.71. The van der Waals surface area contributed by atoms with Gasteiger partial charge in [-0.1, -0.05) is 20.8 Å². The zero-order valence-corrected chi connectivity index (χ0v) is 12.1. The van der Waals surface area contributed by atoms with Gasteiger partial charge in [-0.25, -0.2) is 4.39 Å². The number of benzene rings is 1. The van der Waals surface area contributed by atoms with Crippen LogP contribution in [0.1, 0.15) is 32.8 Å². The number of rotatable bonds is 4. The summed E-state index contributed by atoms with van der Waals surface area (Å²) in [4.78, 5) is 12.1. The van der Waals surface area contributed by atoms with Gasteiger partial charge in [-0.05, 0) is 42.5 Å². The van der Waals surface area contributed by atoms with Gasteiger partial charge in [0, 0.05) is 12.2 Å². The Bertz CT molecular complexity index is 432. The molecule has 0 saturated carbocycles. The van der Waals surface area contributed by atoms with E-state index >= 15 is 0 Å². The zero-order valence-electron chi connectivity index (χ0n) is 12.1. The first-order valence-corrected chi connectivity index (χ1v) is 6.49. The topological polar surface area (TPSA) is 55.1 Å². The molecule has 0 saturated heterocycles. The number of carbonyl (C=O) groups is 1. The van der Waals surface area contributed by atoms with Crippen LogP contribution in [0.4, 0.5) is 10.1 Å². The van der Waals surface area contributed by atoms with Gasteiger partial charge in [0.15, 0.2) is 0 Å². The summed E-state index contributed by atoms with van der Waals surface area (Å²) >= 11 is 0. The lowest BCUT2D eigenvalue weighted by molar-refractivity contribution is -0.120. The van der Waals surface area contributed by atoms with Crippen LogP contribution in [0.15, 0.2) is 18.2 Å². The van der Waals surface area contributed by atoms with E-state index in [1.807, 2.05) is 0 Å². The van der Waals surface area contributed by atoms with Crippen molar-refractivity contribution in [2.45, 2.75) is 34.1 Å². The molecule has 1 aromatic carbocycles. The highest BCUT2D eigenvalue weighted by Gasteiger charge is 2.23. The maximum atomic E-state index is 13.3. The Morgan fingerprint density at radius 1 is 1.37 bits per heavy atom. The standard InChI is InChI=1S/C15H23FN2O/c1-10-5-12(16)7-13(6-10)18-14(19)11(9-17)8-15(2,3)4/h5-7,11H,8-9,17H2,1-4H3,(H,18,19). The molecule has 0 radical (unpaired) electrons. The quantitative estimate of drug-likeness (QED) is 0.880. The van der Waals surface area contributed by atoms with Gasteiger partial charge in [0.25, 0.3) is 0 Å². The minimum atomic E-state index is -0.351. The van der Waals surface area contributed by atoms with Crippen molar-refractivity contribution in [3.8, 4) is 0 Å². The summed E-state index contributed by atoms with van der Waals surface area (Å²) < 4.78 is 13.3. The molecule has 0 heterocycles. The van der Waals surface area contributed by atoms with Crippen molar-refractivity contribution in [3.63, 3.8) is 0 Å². The molecule has 0 aromatic heterocycles. The van der Waals surface area contributed by atoms with Crippen molar-refractivity contribution >= 4 is 11.6 Å². The molecule has 0 aliphatic heterocycles. The van der Waals surface area contributed by atoms with E-state index in [2.05, 4.69) is 26.1 Å². The lowest BCUT2D eigenvalue weighted by atomic mass is 9.84. The number of hydrogen-bond acceptors (Lipinski definition) is 2. The fraction of sp³-hybridized carbons (Fsp3) is 0.533. The summed E-state index contributed by atoms with van der Waals surface area (Å²) in [7, 11) is 0. The lowest BCUT2D eigenvalue weighted by Gasteiger charge is -2.24. The second kappa shape index (κ2) is 6.15. The average molecular weight is 266 g/mol. The highest BCUT2D eigenvalue weighted by molar-refractivity contribution is 5.92. The average Bonchev–Trinajstić information content (AvgIpc) is 2.22. The molecule has 0 aliphatic rings. The number of aryl methyl sites for hydroxylation is 1. The van der Waals surface area contributed by atoms with Gasteiger partial charge in [-0.2, -0.15) is 0 Å². The van der Waals surface area contributed by atoms with Crippen LogP contribution < -0.4 is 11.1 Å². The molecule has 3 N–H and O–H groups in total.